The molecule has 2 aliphatic rings. The van der Waals surface area contributed by atoms with Crippen LogP contribution < -0.4 is 5.32 Å². The zero-order valence-corrected chi connectivity index (χ0v) is 14.2. The van der Waals surface area contributed by atoms with Gasteiger partial charge in [0.1, 0.15) is 0 Å². The van der Waals surface area contributed by atoms with Crippen LogP contribution in [-0.4, -0.2) is 42.6 Å². The minimum absolute atomic E-state index is 0.0784. The van der Waals surface area contributed by atoms with E-state index < -0.39 is 0 Å². The number of nitrogens with one attached hydrogen (secondary N) is 1. The first-order valence-electron chi connectivity index (χ1n) is 8.96. The molecule has 1 aromatic carbocycles. The van der Waals surface area contributed by atoms with Gasteiger partial charge in [0.15, 0.2) is 0 Å². The molecule has 0 radical (unpaired) electrons. The molecule has 1 aliphatic heterocycles. The summed E-state index contributed by atoms with van der Waals surface area (Å²) in [6.45, 7) is 3.31. The van der Waals surface area contributed by atoms with Gasteiger partial charge in [0.2, 0.25) is 5.91 Å². The highest BCUT2D eigenvalue weighted by Crippen LogP contribution is 2.37. The third-order valence-electron chi connectivity index (χ3n) is 5.15. The lowest BCUT2D eigenvalue weighted by molar-refractivity contribution is -0.127. The molecular formula is C19H26N2O3. The summed E-state index contributed by atoms with van der Waals surface area (Å²) in [6.07, 6.45) is 3.53. The van der Waals surface area contributed by atoms with Crippen molar-refractivity contribution in [2.24, 2.45) is 5.92 Å². The van der Waals surface area contributed by atoms with Gasteiger partial charge in [-0.15, -0.1) is 0 Å². The van der Waals surface area contributed by atoms with Gasteiger partial charge in [-0.05, 0) is 38.2 Å². The molecule has 0 spiro atoms. The van der Waals surface area contributed by atoms with Crippen LogP contribution in [0.3, 0.4) is 0 Å². The molecule has 1 N–H and O–H groups in total. The minimum Gasteiger partial charge on any atom is -0.450 e. The molecule has 2 fully saturated rings. The molecule has 1 saturated carbocycles. The van der Waals surface area contributed by atoms with Crippen molar-refractivity contribution in [2.45, 2.75) is 44.6 Å². The van der Waals surface area contributed by atoms with E-state index in [-0.39, 0.29) is 24.0 Å². The lowest BCUT2D eigenvalue weighted by atomic mass is 9.75. The normalized spacial score (nSPS) is 26.4. The first-order valence-corrected chi connectivity index (χ1v) is 8.96. The summed E-state index contributed by atoms with van der Waals surface area (Å²) < 4.78 is 5.05. The summed E-state index contributed by atoms with van der Waals surface area (Å²) >= 11 is 0. The fraction of sp³-hybridized carbons (Fsp3) is 0.579. The monoisotopic (exact) mass is 330 g/mol. The van der Waals surface area contributed by atoms with E-state index >= 15 is 0 Å². The van der Waals surface area contributed by atoms with E-state index in [9.17, 15) is 9.59 Å². The Balaban J connectivity index is 1.54. The van der Waals surface area contributed by atoms with E-state index in [1.54, 1.807) is 11.8 Å². The highest BCUT2D eigenvalue weighted by molar-refractivity contribution is 5.80. The number of rotatable bonds is 4. The van der Waals surface area contributed by atoms with Gasteiger partial charge >= 0.3 is 6.09 Å². The quantitative estimate of drug-likeness (QED) is 0.923. The van der Waals surface area contributed by atoms with Crippen LogP contribution in [0.15, 0.2) is 30.3 Å². The second kappa shape index (κ2) is 7.69. The third-order valence-corrected chi connectivity index (χ3v) is 5.15. The molecule has 0 bridgehead atoms. The first kappa shape index (κ1) is 16.8. The SMILES string of the molecule is CCOC(=O)N1CCC[C@H](C(=O)N[C@@H]2CC[C@@H]2c2ccccc2)C1. The van der Waals surface area contributed by atoms with Crippen molar-refractivity contribution in [2.75, 3.05) is 19.7 Å². The molecule has 1 aromatic rings. The highest BCUT2D eigenvalue weighted by atomic mass is 16.6. The maximum Gasteiger partial charge on any atom is 0.409 e. The Morgan fingerprint density at radius 2 is 2.00 bits per heavy atom. The van der Waals surface area contributed by atoms with Crippen molar-refractivity contribution in [3.05, 3.63) is 35.9 Å². The van der Waals surface area contributed by atoms with E-state index in [0.717, 1.165) is 25.7 Å². The van der Waals surface area contributed by atoms with Crippen molar-refractivity contribution < 1.29 is 14.3 Å². The number of nitrogens with zero attached hydrogens (tertiary/aromatic N) is 1. The Morgan fingerprint density at radius 1 is 1.21 bits per heavy atom. The van der Waals surface area contributed by atoms with Crippen LogP contribution in [-0.2, 0) is 9.53 Å². The van der Waals surface area contributed by atoms with Crippen LogP contribution in [0.4, 0.5) is 4.79 Å². The summed E-state index contributed by atoms with van der Waals surface area (Å²) in [5, 5.41) is 3.21. The van der Waals surface area contributed by atoms with Crippen LogP contribution in [0.25, 0.3) is 0 Å². The summed E-state index contributed by atoms with van der Waals surface area (Å²) in [5.41, 5.74) is 1.30. The Bertz CT molecular complexity index is 575. The van der Waals surface area contributed by atoms with Crippen molar-refractivity contribution in [1.82, 2.24) is 10.2 Å². The second-order valence-corrected chi connectivity index (χ2v) is 6.69. The molecule has 1 heterocycles. The molecule has 5 nitrogen and oxygen atoms in total. The second-order valence-electron chi connectivity index (χ2n) is 6.69. The molecule has 3 atom stereocenters. The predicted octanol–water partition coefficient (Wildman–Crippen LogP) is 2.92. The summed E-state index contributed by atoms with van der Waals surface area (Å²) in [7, 11) is 0. The molecule has 0 aromatic heterocycles. The number of likely N-dealkylation sites (tertiary alicyclic amines) is 1. The van der Waals surface area contributed by atoms with Gasteiger partial charge in [-0.25, -0.2) is 4.79 Å². The third kappa shape index (κ3) is 3.71. The Morgan fingerprint density at radius 3 is 2.67 bits per heavy atom. The van der Waals surface area contributed by atoms with Crippen molar-refractivity contribution in [3.63, 3.8) is 0 Å². The molecule has 1 aliphatic carbocycles. The van der Waals surface area contributed by atoms with Gasteiger partial charge in [-0.3, -0.25) is 4.79 Å². The standard InChI is InChI=1S/C19H26N2O3/c1-2-24-19(23)21-12-6-9-15(13-21)18(22)20-17-11-10-16(17)14-7-4-3-5-8-14/h3-5,7-8,15-17H,2,6,9-13H2,1H3,(H,20,22)/t15-,16+,17+/m0/s1. The average Bonchev–Trinajstić information content (AvgIpc) is 2.60. The number of benzene rings is 1. The number of carbonyl (C=O) groups excluding carboxylic acids is 2. The molecule has 130 valence electrons. The maximum absolute atomic E-state index is 12.6. The molecule has 3 rings (SSSR count). The van der Waals surface area contributed by atoms with Crippen LogP contribution >= 0.6 is 0 Å². The van der Waals surface area contributed by atoms with Crippen molar-refractivity contribution in [3.8, 4) is 0 Å². The highest BCUT2D eigenvalue weighted by Gasteiger charge is 2.36. The van der Waals surface area contributed by atoms with E-state index in [2.05, 4.69) is 17.4 Å². The Hall–Kier alpha value is -2.04. The van der Waals surface area contributed by atoms with Gasteiger partial charge in [-0.2, -0.15) is 0 Å². The van der Waals surface area contributed by atoms with Gasteiger partial charge in [-0.1, -0.05) is 30.3 Å². The Labute approximate surface area is 143 Å². The molecule has 0 unspecified atom stereocenters. The fourth-order valence-electron chi connectivity index (χ4n) is 3.64. The van der Waals surface area contributed by atoms with Gasteiger partial charge < -0.3 is 15.0 Å². The van der Waals surface area contributed by atoms with Gasteiger partial charge in [0, 0.05) is 25.0 Å². The fourth-order valence-corrected chi connectivity index (χ4v) is 3.64. The lowest BCUT2D eigenvalue weighted by Crippen LogP contribution is -2.51. The van der Waals surface area contributed by atoms with Crippen LogP contribution in [0.5, 0.6) is 0 Å². The zero-order chi connectivity index (χ0) is 16.9. The van der Waals surface area contributed by atoms with Crippen molar-refractivity contribution >= 4 is 12.0 Å². The van der Waals surface area contributed by atoms with E-state index in [1.165, 1.54) is 5.56 Å². The largest absolute Gasteiger partial charge is 0.450 e. The lowest BCUT2D eigenvalue weighted by Gasteiger charge is -2.39. The topological polar surface area (TPSA) is 58.6 Å². The Kier molecular flexibility index (Phi) is 5.38. The van der Waals surface area contributed by atoms with Gasteiger partial charge in [0.05, 0.1) is 12.5 Å². The maximum atomic E-state index is 12.6. The molecule has 2 amide bonds. The number of hydrogen-bond acceptors (Lipinski definition) is 3. The number of ether oxygens (including phenoxy) is 1. The first-order chi connectivity index (χ1) is 11.7. The zero-order valence-electron chi connectivity index (χ0n) is 14.2. The summed E-state index contributed by atoms with van der Waals surface area (Å²) in [5.74, 6) is 0.370. The van der Waals surface area contributed by atoms with Crippen LogP contribution in [0, 0.1) is 5.92 Å². The van der Waals surface area contributed by atoms with Crippen LogP contribution in [0.2, 0.25) is 0 Å². The predicted molar refractivity (Wildman–Crippen MR) is 91.7 cm³/mol. The molecule has 1 saturated heterocycles. The number of hydrogen-bond donors (Lipinski definition) is 1. The number of piperidine rings is 1. The number of carbonyl (C=O) groups is 2. The smallest absolute Gasteiger partial charge is 0.409 e. The number of amides is 2. The minimum atomic E-state index is -0.305. The molecule has 5 heteroatoms. The summed E-state index contributed by atoms with van der Waals surface area (Å²) in [6, 6.07) is 10.6. The van der Waals surface area contributed by atoms with E-state index in [0.29, 0.717) is 25.6 Å². The summed E-state index contributed by atoms with van der Waals surface area (Å²) in [4.78, 5) is 26.1. The van der Waals surface area contributed by atoms with Crippen LogP contribution in [0.1, 0.15) is 44.1 Å². The van der Waals surface area contributed by atoms with E-state index in [4.69, 9.17) is 4.74 Å². The van der Waals surface area contributed by atoms with E-state index in [1.807, 2.05) is 18.2 Å². The van der Waals surface area contributed by atoms with Gasteiger partial charge in [0.25, 0.3) is 0 Å². The average molecular weight is 330 g/mol. The van der Waals surface area contributed by atoms with Crippen molar-refractivity contribution in [1.29, 1.82) is 0 Å². The molecule has 24 heavy (non-hydrogen) atoms. The molecular weight excluding hydrogens is 304 g/mol.